The minimum atomic E-state index is -1.08. The second kappa shape index (κ2) is 11.9. The van der Waals surface area contributed by atoms with Gasteiger partial charge in [0.25, 0.3) is 0 Å². The Bertz CT molecular complexity index is 704. The standard InChI is InChI=1S/C13H24N2O2.C9H17N2.C2H4O2/c1-12(2,3)14-7-8-15(13(4,5)6)10(14)9-11(16)17;1-8(2)10-5-6-11(7-10)9(3)4;1-2(3)4/h7-8,10H,9H2,1-6H3,(H,16,17);5-9H,1-4H3;1H3,(H,3,4)/q;+1;/p-1. The van der Waals surface area contributed by atoms with Crippen LogP contribution in [0.25, 0.3) is 0 Å². The van der Waals surface area contributed by atoms with Crippen molar-refractivity contribution in [2.24, 2.45) is 0 Å². The van der Waals surface area contributed by atoms with Gasteiger partial charge in [0.05, 0.1) is 18.5 Å². The monoisotopic (exact) mass is 452 g/mol. The lowest BCUT2D eigenvalue weighted by Gasteiger charge is -2.44. The number of carbonyl (C=O) groups is 2. The van der Waals surface area contributed by atoms with Gasteiger partial charge in [0.2, 0.25) is 6.33 Å². The van der Waals surface area contributed by atoms with Crippen molar-refractivity contribution in [2.75, 3.05) is 0 Å². The van der Waals surface area contributed by atoms with Gasteiger partial charge in [-0.3, -0.25) is 4.79 Å². The molecule has 0 spiro atoms. The van der Waals surface area contributed by atoms with Crippen molar-refractivity contribution in [3.05, 3.63) is 31.1 Å². The van der Waals surface area contributed by atoms with Gasteiger partial charge in [0, 0.05) is 29.4 Å². The molecule has 0 fully saturated rings. The normalized spacial score (nSPS) is 14.3. The van der Waals surface area contributed by atoms with Crippen LogP contribution in [-0.4, -0.2) is 48.7 Å². The maximum absolute atomic E-state index is 11.0. The molecule has 2 heterocycles. The molecule has 184 valence electrons. The number of hydrogen-bond donors (Lipinski definition) is 1. The van der Waals surface area contributed by atoms with E-state index in [-0.39, 0.29) is 23.7 Å². The molecule has 0 atom stereocenters. The molecule has 1 aromatic heterocycles. The zero-order valence-electron chi connectivity index (χ0n) is 21.8. The van der Waals surface area contributed by atoms with Gasteiger partial charge in [0.15, 0.2) is 0 Å². The Morgan fingerprint density at radius 1 is 1.00 bits per heavy atom. The molecular formula is C24H44N4O4. The Balaban J connectivity index is 0.000000547. The summed E-state index contributed by atoms with van der Waals surface area (Å²) in [6.07, 6.45) is 10.4. The van der Waals surface area contributed by atoms with E-state index in [2.05, 4.69) is 107 Å². The van der Waals surface area contributed by atoms with Crippen LogP contribution < -0.4 is 9.67 Å². The summed E-state index contributed by atoms with van der Waals surface area (Å²) < 4.78 is 4.42. The van der Waals surface area contributed by atoms with Gasteiger partial charge < -0.3 is 24.8 Å². The Hall–Kier alpha value is -2.51. The van der Waals surface area contributed by atoms with Crippen molar-refractivity contribution in [1.29, 1.82) is 0 Å². The molecule has 0 bridgehead atoms. The summed E-state index contributed by atoms with van der Waals surface area (Å²) in [6.45, 7) is 22.3. The molecular weight excluding hydrogens is 408 g/mol. The number of nitrogens with zero attached hydrogens (tertiary/aromatic N) is 4. The first-order valence-corrected chi connectivity index (χ1v) is 11.1. The lowest BCUT2D eigenvalue weighted by molar-refractivity contribution is -0.715. The zero-order valence-corrected chi connectivity index (χ0v) is 21.8. The molecule has 8 heteroatoms. The maximum Gasteiger partial charge on any atom is 0.307 e. The average Bonchev–Trinajstić information content (AvgIpc) is 3.19. The van der Waals surface area contributed by atoms with E-state index in [4.69, 9.17) is 15.0 Å². The number of carboxylic acid groups (broad SMARTS) is 2. The highest BCUT2D eigenvalue weighted by molar-refractivity contribution is 5.67. The molecule has 1 aliphatic heterocycles. The summed E-state index contributed by atoms with van der Waals surface area (Å²) in [5, 5.41) is 17.9. The molecule has 0 amide bonds. The molecule has 0 aromatic carbocycles. The third-order valence-corrected chi connectivity index (χ3v) is 4.81. The lowest BCUT2D eigenvalue weighted by atomic mass is 10.0. The summed E-state index contributed by atoms with van der Waals surface area (Å²) in [7, 11) is 0. The molecule has 0 unspecified atom stereocenters. The van der Waals surface area contributed by atoms with E-state index in [0.29, 0.717) is 12.1 Å². The molecule has 1 N–H and O–H groups in total. The van der Waals surface area contributed by atoms with Gasteiger partial charge in [-0.1, -0.05) is 0 Å². The van der Waals surface area contributed by atoms with E-state index in [1.807, 2.05) is 12.4 Å². The van der Waals surface area contributed by atoms with E-state index in [1.54, 1.807) is 0 Å². The largest absolute Gasteiger partial charge is 0.550 e. The molecule has 0 saturated heterocycles. The van der Waals surface area contributed by atoms with Crippen molar-refractivity contribution in [3.8, 4) is 0 Å². The molecule has 0 saturated carbocycles. The number of aliphatic carboxylic acids is 2. The molecule has 0 aliphatic carbocycles. The fraction of sp³-hybridized carbons (Fsp3) is 0.708. The van der Waals surface area contributed by atoms with E-state index >= 15 is 0 Å². The molecule has 1 aliphatic rings. The van der Waals surface area contributed by atoms with E-state index in [0.717, 1.165) is 6.92 Å². The second-order valence-corrected chi connectivity index (χ2v) is 10.5. The van der Waals surface area contributed by atoms with Gasteiger partial charge >= 0.3 is 5.97 Å². The summed E-state index contributed by atoms with van der Waals surface area (Å²) in [6, 6.07) is 1.13. The predicted octanol–water partition coefficient (Wildman–Crippen LogP) is 3.17. The lowest BCUT2D eigenvalue weighted by Crippen LogP contribution is -2.53. The van der Waals surface area contributed by atoms with Crippen LogP contribution in [0.15, 0.2) is 31.1 Å². The predicted molar refractivity (Wildman–Crippen MR) is 124 cm³/mol. The highest BCUT2D eigenvalue weighted by Crippen LogP contribution is 2.32. The number of rotatable bonds is 4. The van der Waals surface area contributed by atoms with Crippen LogP contribution >= 0.6 is 0 Å². The second-order valence-electron chi connectivity index (χ2n) is 10.5. The zero-order chi connectivity index (χ0) is 25.4. The van der Waals surface area contributed by atoms with Gasteiger partial charge in [-0.2, -0.15) is 0 Å². The van der Waals surface area contributed by atoms with Gasteiger partial charge in [-0.15, -0.1) is 0 Å². The Morgan fingerprint density at radius 3 is 1.62 bits per heavy atom. The Kier molecular flexibility index (Phi) is 11.0. The van der Waals surface area contributed by atoms with Crippen molar-refractivity contribution < 1.29 is 24.4 Å². The molecule has 32 heavy (non-hydrogen) atoms. The van der Waals surface area contributed by atoms with E-state index in [9.17, 15) is 4.79 Å². The number of carboxylic acids is 2. The quantitative estimate of drug-likeness (QED) is 0.706. The molecule has 8 nitrogen and oxygen atoms in total. The van der Waals surface area contributed by atoms with Crippen LogP contribution in [0.2, 0.25) is 0 Å². The fourth-order valence-corrected chi connectivity index (χ4v) is 3.17. The van der Waals surface area contributed by atoms with Gasteiger partial charge in [0.1, 0.15) is 18.6 Å². The number of imidazole rings is 1. The van der Waals surface area contributed by atoms with Gasteiger partial charge in [-0.05, 0) is 76.2 Å². The van der Waals surface area contributed by atoms with Crippen LogP contribution in [0.3, 0.4) is 0 Å². The summed E-state index contributed by atoms with van der Waals surface area (Å²) in [5.74, 6) is -1.85. The minimum absolute atomic E-state index is 0.0728. The molecule has 2 rings (SSSR count). The average molecular weight is 453 g/mol. The smallest absolute Gasteiger partial charge is 0.307 e. The minimum Gasteiger partial charge on any atom is -0.550 e. The third-order valence-electron chi connectivity index (χ3n) is 4.81. The molecule has 1 aromatic rings. The van der Waals surface area contributed by atoms with E-state index < -0.39 is 11.9 Å². The fourth-order valence-electron chi connectivity index (χ4n) is 3.17. The van der Waals surface area contributed by atoms with Crippen molar-refractivity contribution in [3.63, 3.8) is 0 Å². The number of carbonyl (C=O) groups excluding carboxylic acids is 1. The Morgan fingerprint density at radius 2 is 1.41 bits per heavy atom. The first kappa shape index (κ1) is 29.5. The highest BCUT2D eigenvalue weighted by Gasteiger charge is 2.39. The van der Waals surface area contributed by atoms with Crippen LogP contribution in [0, 0.1) is 0 Å². The Labute approximate surface area is 194 Å². The number of aromatic nitrogens is 2. The first-order valence-electron chi connectivity index (χ1n) is 11.1. The van der Waals surface area contributed by atoms with Gasteiger partial charge in [-0.25, -0.2) is 9.13 Å². The number of hydrogen-bond acceptors (Lipinski definition) is 5. The third kappa shape index (κ3) is 10.2. The highest BCUT2D eigenvalue weighted by atomic mass is 16.4. The van der Waals surface area contributed by atoms with Crippen LogP contribution in [0.5, 0.6) is 0 Å². The van der Waals surface area contributed by atoms with Crippen LogP contribution in [0.4, 0.5) is 0 Å². The maximum atomic E-state index is 11.0. The summed E-state index contributed by atoms with van der Waals surface area (Å²) in [5.41, 5.74) is -0.146. The summed E-state index contributed by atoms with van der Waals surface area (Å²) in [4.78, 5) is 24.1. The van der Waals surface area contributed by atoms with Crippen LogP contribution in [0.1, 0.15) is 94.7 Å². The first-order chi connectivity index (χ1) is 14.4. The molecule has 0 radical (unpaired) electrons. The topological polar surface area (TPSA) is 92.7 Å². The SMILES string of the molecule is CC(=O)[O-].CC(C)(C)N1C=CN(C(C)(C)C)C1CC(=O)O.CC(C)n1cc[n+](C(C)C)c1. The summed E-state index contributed by atoms with van der Waals surface area (Å²) >= 11 is 0. The van der Waals surface area contributed by atoms with Crippen molar-refractivity contribution >= 4 is 11.9 Å². The van der Waals surface area contributed by atoms with E-state index in [1.165, 1.54) is 0 Å². The van der Waals surface area contributed by atoms with Crippen molar-refractivity contribution in [1.82, 2.24) is 14.4 Å². The van der Waals surface area contributed by atoms with Crippen molar-refractivity contribution in [2.45, 2.75) is 112 Å². The van der Waals surface area contributed by atoms with Crippen LogP contribution in [-0.2, 0) is 9.59 Å².